The number of ether oxygens (including phenoxy) is 1. The summed E-state index contributed by atoms with van der Waals surface area (Å²) in [6.45, 7) is 4.50. The molecular formula is C14H17N3O3S. The summed E-state index contributed by atoms with van der Waals surface area (Å²) in [5, 5.41) is 9.46. The van der Waals surface area contributed by atoms with Crippen molar-refractivity contribution in [3.63, 3.8) is 0 Å². The monoisotopic (exact) mass is 307 g/mol. The number of hydrogen-bond acceptors (Lipinski definition) is 5. The van der Waals surface area contributed by atoms with Gasteiger partial charge in [-0.05, 0) is 19.4 Å². The fourth-order valence-electron chi connectivity index (χ4n) is 1.86. The maximum Gasteiger partial charge on any atom is 0.313 e. The van der Waals surface area contributed by atoms with E-state index >= 15 is 0 Å². The van der Waals surface area contributed by atoms with Gasteiger partial charge in [-0.2, -0.15) is 0 Å². The minimum Gasteiger partial charge on any atom is -0.481 e. The number of thioether (sulfide) groups is 1. The number of nitrogens with zero attached hydrogens (tertiary/aromatic N) is 3. The highest BCUT2D eigenvalue weighted by Crippen LogP contribution is 2.24. The van der Waals surface area contributed by atoms with Crippen LogP contribution in [-0.2, 0) is 11.2 Å². The number of aromatic nitrogens is 3. The molecular weight excluding hydrogens is 290 g/mol. The van der Waals surface area contributed by atoms with Gasteiger partial charge in [-0.1, -0.05) is 18.7 Å². The number of aliphatic carboxylic acids is 1. The number of hydrogen-bond donors (Lipinski definition) is 1. The molecule has 21 heavy (non-hydrogen) atoms. The van der Waals surface area contributed by atoms with Gasteiger partial charge in [0.2, 0.25) is 5.88 Å². The fourth-order valence-corrected chi connectivity index (χ4v) is 2.59. The Labute approximate surface area is 127 Å². The zero-order valence-corrected chi connectivity index (χ0v) is 12.8. The highest BCUT2D eigenvalue weighted by molar-refractivity contribution is 7.99. The molecule has 1 N–H and O–H groups in total. The number of carboxylic acids is 1. The lowest BCUT2D eigenvalue weighted by Gasteiger charge is -2.10. The SMILES string of the molecule is CCOc1ccc(-n2c(CC)cnc2SCC(=O)O)cn1. The number of aryl methyl sites for hydroxylation is 1. The van der Waals surface area contributed by atoms with E-state index in [0.717, 1.165) is 17.8 Å². The van der Waals surface area contributed by atoms with Gasteiger partial charge in [-0.3, -0.25) is 9.36 Å². The minimum atomic E-state index is -0.864. The van der Waals surface area contributed by atoms with Crippen molar-refractivity contribution in [3.05, 3.63) is 30.2 Å². The number of imidazole rings is 1. The molecule has 0 aliphatic heterocycles. The maximum atomic E-state index is 10.7. The maximum absolute atomic E-state index is 10.7. The number of rotatable bonds is 7. The highest BCUT2D eigenvalue weighted by Gasteiger charge is 2.13. The molecule has 0 unspecified atom stereocenters. The van der Waals surface area contributed by atoms with Crippen LogP contribution in [-0.4, -0.2) is 38.0 Å². The molecule has 7 heteroatoms. The third kappa shape index (κ3) is 3.75. The van der Waals surface area contributed by atoms with Crippen molar-refractivity contribution >= 4 is 17.7 Å². The smallest absolute Gasteiger partial charge is 0.313 e. The lowest BCUT2D eigenvalue weighted by Crippen LogP contribution is -2.05. The summed E-state index contributed by atoms with van der Waals surface area (Å²) in [6.07, 6.45) is 4.27. The van der Waals surface area contributed by atoms with Crippen LogP contribution in [0.2, 0.25) is 0 Å². The van der Waals surface area contributed by atoms with Crippen LogP contribution in [0.4, 0.5) is 0 Å². The third-order valence-corrected chi connectivity index (χ3v) is 3.70. The molecule has 2 rings (SSSR count). The molecule has 0 atom stereocenters. The lowest BCUT2D eigenvalue weighted by molar-refractivity contribution is -0.133. The van der Waals surface area contributed by atoms with Crippen LogP contribution < -0.4 is 4.74 Å². The van der Waals surface area contributed by atoms with Crippen LogP contribution in [0.3, 0.4) is 0 Å². The van der Waals surface area contributed by atoms with E-state index in [4.69, 9.17) is 9.84 Å². The van der Waals surface area contributed by atoms with Crippen molar-refractivity contribution in [2.75, 3.05) is 12.4 Å². The van der Waals surface area contributed by atoms with E-state index in [-0.39, 0.29) is 5.75 Å². The van der Waals surface area contributed by atoms with Gasteiger partial charge in [-0.25, -0.2) is 9.97 Å². The Kier molecular flexibility index (Phi) is 5.21. The molecule has 2 aromatic heterocycles. The summed E-state index contributed by atoms with van der Waals surface area (Å²) < 4.78 is 7.25. The van der Waals surface area contributed by atoms with Crippen molar-refractivity contribution in [2.24, 2.45) is 0 Å². The fraction of sp³-hybridized carbons (Fsp3) is 0.357. The van der Waals surface area contributed by atoms with Crippen molar-refractivity contribution in [1.82, 2.24) is 14.5 Å². The molecule has 112 valence electrons. The summed E-state index contributed by atoms with van der Waals surface area (Å²) in [5.74, 6) is -0.318. The Morgan fingerprint density at radius 1 is 1.33 bits per heavy atom. The van der Waals surface area contributed by atoms with E-state index in [1.807, 2.05) is 24.5 Å². The van der Waals surface area contributed by atoms with Crippen LogP contribution in [0.15, 0.2) is 29.7 Å². The van der Waals surface area contributed by atoms with E-state index in [1.54, 1.807) is 18.5 Å². The first-order chi connectivity index (χ1) is 10.2. The molecule has 0 aromatic carbocycles. The van der Waals surface area contributed by atoms with Gasteiger partial charge in [-0.15, -0.1) is 0 Å². The molecule has 0 saturated carbocycles. The summed E-state index contributed by atoms with van der Waals surface area (Å²) in [5.41, 5.74) is 1.86. The quantitative estimate of drug-likeness (QED) is 0.792. The van der Waals surface area contributed by atoms with Crippen LogP contribution in [0.25, 0.3) is 5.69 Å². The zero-order valence-electron chi connectivity index (χ0n) is 11.9. The molecule has 0 fully saturated rings. The topological polar surface area (TPSA) is 77.2 Å². The predicted octanol–water partition coefficient (Wildman–Crippen LogP) is 2.41. The normalized spacial score (nSPS) is 10.6. The molecule has 6 nitrogen and oxygen atoms in total. The van der Waals surface area contributed by atoms with E-state index in [2.05, 4.69) is 9.97 Å². The second-order valence-corrected chi connectivity index (χ2v) is 5.13. The van der Waals surface area contributed by atoms with E-state index in [1.165, 1.54) is 11.8 Å². The largest absolute Gasteiger partial charge is 0.481 e. The van der Waals surface area contributed by atoms with E-state index in [9.17, 15) is 4.79 Å². The van der Waals surface area contributed by atoms with Crippen molar-refractivity contribution in [1.29, 1.82) is 0 Å². The van der Waals surface area contributed by atoms with E-state index in [0.29, 0.717) is 17.6 Å². The zero-order chi connectivity index (χ0) is 15.2. The van der Waals surface area contributed by atoms with Crippen molar-refractivity contribution in [3.8, 4) is 11.6 Å². The molecule has 2 aromatic rings. The second-order valence-electron chi connectivity index (χ2n) is 4.19. The number of pyridine rings is 1. The average Bonchev–Trinajstić information content (AvgIpc) is 2.89. The molecule has 0 radical (unpaired) electrons. The van der Waals surface area contributed by atoms with E-state index < -0.39 is 5.97 Å². The summed E-state index contributed by atoms with van der Waals surface area (Å²) in [7, 11) is 0. The Morgan fingerprint density at radius 2 is 2.14 bits per heavy atom. The molecule has 0 aliphatic rings. The summed E-state index contributed by atoms with van der Waals surface area (Å²) >= 11 is 1.19. The standard InChI is InChI=1S/C14H17N3O3S/c1-3-10-7-16-14(21-9-13(18)19)17(10)11-5-6-12(15-8-11)20-4-2/h5-8H,3-4,9H2,1-2H3,(H,18,19). The van der Waals surface area contributed by atoms with Crippen LogP contribution in [0, 0.1) is 0 Å². The Hall–Kier alpha value is -2.02. The second kappa shape index (κ2) is 7.12. The minimum absolute atomic E-state index is 0.0232. The van der Waals surface area contributed by atoms with Gasteiger partial charge in [0.15, 0.2) is 5.16 Å². The average molecular weight is 307 g/mol. The Balaban J connectivity index is 2.31. The van der Waals surface area contributed by atoms with Gasteiger partial charge >= 0.3 is 5.97 Å². The molecule has 0 bridgehead atoms. The summed E-state index contributed by atoms with van der Waals surface area (Å²) in [6, 6.07) is 3.69. The Morgan fingerprint density at radius 3 is 2.71 bits per heavy atom. The molecule has 2 heterocycles. The van der Waals surface area contributed by atoms with Crippen LogP contribution in [0.5, 0.6) is 5.88 Å². The molecule has 0 amide bonds. The lowest BCUT2D eigenvalue weighted by atomic mass is 10.3. The number of carboxylic acid groups (broad SMARTS) is 1. The Bertz CT molecular complexity index is 610. The van der Waals surface area contributed by atoms with Crippen molar-refractivity contribution in [2.45, 2.75) is 25.4 Å². The van der Waals surface area contributed by atoms with Crippen LogP contribution >= 0.6 is 11.8 Å². The first kappa shape index (κ1) is 15.4. The number of carbonyl (C=O) groups is 1. The first-order valence-corrected chi connectivity index (χ1v) is 7.64. The molecule has 0 aliphatic carbocycles. The van der Waals surface area contributed by atoms with Crippen molar-refractivity contribution < 1.29 is 14.6 Å². The van der Waals surface area contributed by atoms with Crippen LogP contribution in [0.1, 0.15) is 19.5 Å². The van der Waals surface area contributed by atoms with Gasteiger partial charge in [0.05, 0.1) is 24.2 Å². The predicted molar refractivity (Wildman–Crippen MR) is 80.3 cm³/mol. The van der Waals surface area contributed by atoms with Gasteiger partial charge in [0, 0.05) is 18.0 Å². The first-order valence-electron chi connectivity index (χ1n) is 6.66. The highest BCUT2D eigenvalue weighted by atomic mass is 32.2. The summed E-state index contributed by atoms with van der Waals surface area (Å²) in [4.78, 5) is 19.3. The molecule has 0 saturated heterocycles. The van der Waals surface area contributed by atoms with Gasteiger partial charge in [0.1, 0.15) is 0 Å². The third-order valence-electron chi connectivity index (χ3n) is 2.76. The van der Waals surface area contributed by atoms with Gasteiger partial charge < -0.3 is 9.84 Å². The van der Waals surface area contributed by atoms with Gasteiger partial charge in [0.25, 0.3) is 0 Å². The molecule has 0 spiro atoms.